The van der Waals surface area contributed by atoms with Crippen molar-refractivity contribution >= 4 is 5.96 Å². The number of nitrogens with zero attached hydrogens (tertiary/aromatic N) is 2. The molecule has 3 rings (SSSR count). The summed E-state index contributed by atoms with van der Waals surface area (Å²) in [5.41, 5.74) is 1.10. The Morgan fingerprint density at radius 3 is 2.79 bits per heavy atom. The van der Waals surface area contributed by atoms with Gasteiger partial charge in [0, 0.05) is 45.6 Å². The van der Waals surface area contributed by atoms with Crippen LogP contribution in [0.25, 0.3) is 0 Å². The standard InChI is InChI=1S/C22H36N4O3/c1-23-22(24-12-6-13-27-17-20-9-5-14-28-20)26-16-18-10-11-21(25-15-18)29-19-7-3-2-4-8-19/h10-11,15,19-20H,2-9,12-14,16-17H2,1H3,(H2,23,24,26). The highest BCUT2D eigenvalue weighted by Gasteiger charge is 2.16. The van der Waals surface area contributed by atoms with Crippen LogP contribution in [0.2, 0.25) is 0 Å². The number of guanidine groups is 1. The zero-order chi connectivity index (χ0) is 20.2. The zero-order valence-corrected chi connectivity index (χ0v) is 17.7. The van der Waals surface area contributed by atoms with Gasteiger partial charge in [0.2, 0.25) is 5.88 Å². The largest absolute Gasteiger partial charge is 0.474 e. The van der Waals surface area contributed by atoms with E-state index in [1.807, 2.05) is 12.3 Å². The number of ether oxygens (including phenoxy) is 3. The lowest BCUT2D eigenvalue weighted by Gasteiger charge is -2.22. The number of aliphatic imine (C=N–C) groups is 1. The Bertz CT molecular complexity index is 597. The van der Waals surface area contributed by atoms with E-state index in [-0.39, 0.29) is 0 Å². The van der Waals surface area contributed by atoms with Gasteiger partial charge in [-0.25, -0.2) is 4.98 Å². The molecule has 0 aromatic carbocycles. The highest BCUT2D eigenvalue weighted by Crippen LogP contribution is 2.22. The third kappa shape index (κ3) is 8.19. The van der Waals surface area contributed by atoms with Gasteiger partial charge < -0.3 is 24.8 Å². The molecule has 7 nitrogen and oxygen atoms in total. The van der Waals surface area contributed by atoms with Crippen molar-refractivity contribution < 1.29 is 14.2 Å². The maximum Gasteiger partial charge on any atom is 0.213 e. The van der Waals surface area contributed by atoms with E-state index in [2.05, 4.69) is 26.7 Å². The van der Waals surface area contributed by atoms with Crippen LogP contribution in [0.5, 0.6) is 5.88 Å². The van der Waals surface area contributed by atoms with Gasteiger partial charge in [-0.2, -0.15) is 0 Å². The maximum atomic E-state index is 5.99. The molecule has 0 amide bonds. The second-order valence-corrected chi connectivity index (χ2v) is 7.80. The monoisotopic (exact) mass is 404 g/mol. The fourth-order valence-electron chi connectivity index (χ4n) is 3.72. The lowest BCUT2D eigenvalue weighted by molar-refractivity contribution is 0.0168. The van der Waals surface area contributed by atoms with Crippen molar-refractivity contribution in [2.75, 3.05) is 33.4 Å². The van der Waals surface area contributed by atoms with Crippen molar-refractivity contribution in [1.29, 1.82) is 0 Å². The van der Waals surface area contributed by atoms with E-state index in [1.54, 1.807) is 7.05 Å². The van der Waals surface area contributed by atoms with E-state index in [9.17, 15) is 0 Å². The summed E-state index contributed by atoms with van der Waals surface area (Å²) >= 11 is 0. The number of pyridine rings is 1. The lowest BCUT2D eigenvalue weighted by Crippen LogP contribution is -2.37. The van der Waals surface area contributed by atoms with Crippen LogP contribution in [0.1, 0.15) is 56.9 Å². The van der Waals surface area contributed by atoms with Gasteiger partial charge in [0.05, 0.1) is 12.7 Å². The molecule has 1 unspecified atom stereocenters. The summed E-state index contributed by atoms with van der Waals surface area (Å²) in [6.45, 7) is 3.81. The first-order valence-electron chi connectivity index (χ1n) is 11.1. The second-order valence-electron chi connectivity index (χ2n) is 7.80. The predicted molar refractivity (Wildman–Crippen MR) is 114 cm³/mol. The Morgan fingerprint density at radius 1 is 1.17 bits per heavy atom. The molecule has 1 aliphatic carbocycles. The quantitative estimate of drug-likeness (QED) is 0.355. The number of rotatable bonds is 10. The summed E-state index contributed by atoms with van der Waals surface area (Å²) in [4.78, 5) is 8.72. The molecule has 0 bridgehead atoms. The molecule has 2 heterocycles. The van der Waals surface area contributed by atoms with E-state index in [4.69, 9.17) is 14.2 Å². The van der Waals surface area contributed by atoms with Gasteiger partial charge in [-0.3, -0.25) is 4.99 Å². The Kier molecular flexibility index (Phi) is 9.53. The molecule has 2 N–H and O–H groups in total. The van der Waals surface area contributed by atoms with Crippen LogP contribution in [0.4, 0.5) is 0 Å². The summed E-state index contributed by atoms with van der Waals surface area (Å²) in [6.07, 6.45) is 11.9. The number of hydrogen-bond acceptors (Lipinski definition) is 5. The molecule has 162 valence electrons. The average molecular weight is 405 g/mol. The molecule has 1 aromatic rings. The van der Waals surface area contributed by atoms with Crippen LogP contribution >= 0.6 is 0 Å². The number of nitrogens with one attached hydrogen (secondary N) is 2. The zero-order valence-electron chi connectivity index (χ0n) is 17.7. The van der Waals surface area contributed by atoms with E-state index >= 15 is 0 Å². The fourth-order valence-corrected chi connectivity index (χ4v) is 3.72. The van der Waals surface area contributed by atoms with Crippen molar-refractivity contribution in [3.8, 4) is 5.88 Å². The molecule has 2 aliphatic rings. The first-order chi connectivity index (χ1) is 14.3. The third-order valence-electron chi connectivity index (χ3n) is 5.41. The SMILES string of the molecule is CN=C(NCCCOCC1CCCO1)NCc1ccc(OC2CCCCC2)nc1. The van der Waals surface area contributed by atoms with Gasteiger partial charge in [0.1, 0.15) is 6.10 Å². The third-order valence-corrected chi connectivity index (χ3v) is 5.41. The van der Waals surface area contributed by atoms with Gasteiger partial charge in [-0.15, -0.1) is 0 Å². The van der Waals surface area contributed by atoms with Gasteiger partial charge in [0.15, 0.2) is 5.96 Å². The van der Waals surface area contributed by atoms with E-state index < -0.39 is 0 Å². The Morgan fingerprint density at radius 2 is 2.07 bits per heavy atom. The normalized spacial score (nSPS) is 20.6. The van der Waals surface area contributed by atoms with E-state index in [1.165, 1.54) is 19.3 Å². The van der Waals surface area contributed by atoms with Crippen LogP contribution in [0, 0.1) is 0 Å². The summed E-state index contributed by atoms with van der Waals surface area (Å²) in [5, 5.41) is 6.64. The molecule has 1 saturated carbocycles. The van der Waals surface area contributed by atoms with Gasteiger partial charge in [0.25, 0.3) is 0 Å². The maximum absolute atomic E-state index is 5.99. The van der Waals surface area contributed by atoms with Crippen LogP contribution in [0.15, 0.2) is 23.3 Å². The smallest absolute Gasteiger partial charge is 0.213 e. The van der Waals surface area contributed by atoms with Crippen molar-refractivity contribution in [3.05, 3.63) is 23.9 Å². The molecular formula is C22H36N4O3. The van der Waals surface area contributed by atoms with Gasteiger partial charge >= 0.3 is 0 Å². The summed E-state index contributed by atoms with van der Waals surface area (Å²) in [7, 11) is 1.78. The van der Waals surface area contributed by atoms with Crippen LogP contribution < -0.4 is 15.4 Å². The first kappa shape index (κ1) is 21.8. The van der Waals surface area contributed by atoms with Crippen molar-refractivity contribution in [2.24, 2.45) is 4.99 Å². The predicted octanol–water partition coefficient (Wildman–Crippen LogP) is 3.04. The number of aromatic nitrogens is 1. The van der Waals surface area contributed by atoms with Crippen molar-refractivity contribution in [1.82, 2.24) is 15.6 Å². The first-order valence-corrected chi connectivity index (χ1v) is 11.1. The minimum Gasteiger partial charge on any atom is -0.474 e. The minimum absolute atomic E-state index is 0.297. The highest BCUT2D eigenvalue weighted by molar-refractivity contribution is 5.79. The van der Waals surface area contributed by atoms with Crippen LogP contribution in [-0.4, -0.2) is 56.6 Å². The van der Waals surface area contributed by atoms with Crippen molar-refractivity contribution in [3.63, 3.8) is 0 Å². The lowest BCUT2D eigenvalue weighted by atomic mass is 9.98. The molecule has 1 aliphatic heterocycles. The average Bonchev–Trinajstić information content (AvgIpc) is 3.28. The molecule has 1 saturated heterocycles. The molecule has 7 heteroatoms. The second kappa shape index (κ2) is 12.6. The molecule has 29 heavy (non-hydrogen) atoms. The molecule has 0 spiro atoms. The van der Waals surface area contributed by atoms with Gasteiger partial charge in [-0.05, 0) is 50.5 Å². The molecule has 2 fully saturated rings. The Balaban J connectivity index is 1.27. The molecular weight excluding hydrogens is 368 g/mol. The van der Waals surface area contributed by atoms with E-state index in [0.717, 1.165) is 69.3 Å². The summed E-state index contributed by atoms with van der Waals surface area (Å²) < 4.78 is 17.2. The van der Waals surface area contributed by atoms with E-state index in [0.29, 0.717) is 25.4 Å². The topological polar surface area (TPSA) is 77.0 Å². The minimum atomic E-state index is 0.297. The Labute approximate surface area is 174 Å². The summed E-state index contributed by atoms with van der Waals surface area (Å²) in [5.74, 6) is 1.51. The number of hydrogen-bond donors (Lipinski definition) is 2. The molecule has 1 atom stereocenters. The summed E-state index contributed by atoms with van der Waals surface area (Å²) in [6, 6.07) is 4.03. The van der Waals surface area contributed by atoms with Crippen LogP contribution in [-0.2, 0) is 16.0 Å². The fraction of sp³-hybridized carbons (Fsp3) is 0.727. The van der Waals surface area contributed by atoms with Crippen LogP contribution in [0.3, 0.4) is 0 Å². The molecule has 1 aromatic heterocycles. The van der Waals surface area contributed by atoms with Gasteiger partial charge in [-0.1, -0.05) is 12.5 Å². The molecule has 0 radical (unpaired) electrons. The van der Waals surface area contributed by atoms with Crippen molar-refractivity contribution in [2.45, 2.75) is 70.1 Å². The Hall–Kier alpha value is -1.86. The highest BCUT2D eigenvalue weighted by atomic mass is 16.5.